The van der Waals surface area contributed by atoms with E-state index in [9.17, 15) is 4.79 Å². The molecule has 0 bridgehead atoms. The summed E-state index contributed by atoms with van der Waals surface area (Å²) in [5, 5.41) is 5.01. The van der Waals surface area contributed by atoms with Crippen molar-refractivity contribution in [1.29, 1.82) is 0 Å². The molecule has 5 heteroatoms. The zero-order valence-electron chi connectivity index (χ0n) is 12.4. The van der Waals surface area contributed by atoms with Crippen LogP contribution in [0.4, 0.5) is 10.6 Å². The van der Waals surface area contributed by atoms with E-state index in [4.69, 9.17) is 4.74 Å². The van der Waals surface area contributed by atoms with E-state index in [0.717, 1.165) is 5.69 Å². The topological polar surface area (TPSA) is 63.2 Å². The number of urea groups is 1. The standard InChI is InChI=1S/C9H13N3O2.2C2H6/c1-6-4-7(14-3)5-8(11-6)12-9(13)10-2;2*1-2/h4-5H,1-3H3,(H2,10,11,12,13);2*1-2H3. The molecule has 0 unspecified atom stereocenters. The van der Waals surface area contributed by atoms with Gasteiger partial charge in [-0.25, -0.2) is 9.78 Å². The van der Waals surface area contributed by atoms with Crippen molar-refractivity contribution in [3.63, 3.8) is 0 Å². The number of nitrogens with one attached hydrogen (secondary N) is 2. The first kappa shape index (κ1) is 18.6. The largest absolute Gasteiger partial charge is 0.497 e. The van der Waals surface area contributed by atoms with Gasteiger partial charge in [0.2, 0.25) is 0 Å². The number of aromatic nitrogens is 1. The predicted molar refractivity (Wildman–Crippen MR) is 76.3 cm³/mol. The molecule has 2 N–H and O–H groups in total. The Labute approximate surface area is 110 Å². The van der Waals surface area contributed by atoms with Gasteiger partial charge in [0.1, 0.15) is 11.6 Å². The van der Waals surface area contributed by atoms with Gasteiger partial charge in [0, 0.05) is 24.9 Å². The molecule has 0 aliphatic carbocycles. The molecule has 104 valence electrons. The fraction of sp³-hybridized carbons (Fsp3) is 0.538. The minimum Gasteiger partial charge on any atom is -0.497 e. The molecular weight excluding hydrogens is 230 g/mol. The van der Waals surface area contributed by atoms with Gasteiger partial charge in [0.25, 0.3) is 0 Å². The van der Waals surface area contributed by atoms with E-state index in [1.165, 1.54) is 0 Å². The van der Waals surface area contributed by atoms with Crippen LogP contribution in [0, 0.1) is 6.92 Å². The van der Waals surface area contributed by atoms with E-state index in [-0.39, 0.29) is 6.03 Å². The maximum absolute atomic E-state index is 11.0. The average Bonchev–Trinajstić information content (AvgIpc) is 2.42. The fourth-order valence-corrected chi connectivity index (χ4v) is 0.998. The van der Waals surface area contributed by atoms with E-state index in [2.05, 4.69) is 15.6 Å². The zero-order valence-corrected chi connectivity index (χ0v) is 12.4. The van der Waals surface area contributed by atoms with Crippen molar-refractivity contribution in [3.8, 4) is 5.75 Å². The Bertz CT molecular complexity index is 341. The van der Waals surface area contributed by atoms with Crippen molar-refractivity contribution in [2.75, 3.05) is 19.5 Å². The van der Waals surface area contributed by atoms with Crippen molar-refractivity contribution < 1.29 is 9.53 Å². The molecule has 0 aliphatic rings. The maximum Gasteiger partial charge on any atom is 0.320 e. The molecule has 0 aromatic carbocycles. The Balaban J connectivity index is 0. The van der Waals surface area contributed by atoms with E-state index >= 15 is 0 Å². The summed E-state index contributed by atoms with van der Waals surface area (Å²) in [6, 6.07) is 3.14. The smallest absolute Gasteiger partial charge is 0.320 e. The molecule has 0 atom stereocenters. The molecule has 0 aliphatic heterocycles. The van der Waals surface area contributed by atoms with Crippen LogP contribution in [0.1, 0.15) is 33.4 Å². The quantitative estimate of drug-likeness (QED) is 0.853. The lowest BCUT2D eigenvalue weighted by atomic mass is 10.3. The number of carbonyl (C=O) groups excluding carboxylic acids is 1. The van der Waals surface area contributed by atoms with Gasteiger partial charge in [-0.3, -0.25) is 5.32 Å². The second kappa shape index (κ2) is 11.7. The number of rotatable bonds is 2. The van der Waals surface area contributed by atoms with Crippen LogP contribution in [-0.4, -0.2) is 25.2 Å². The summed E-state index contributed by atoms with van der Waals surface area (Å²) in [7, 11) is 3.11. The minimum atomic E-state index is -0.301. The Morgan fingerprint density at radius 3 is 2.22 bits per heavy atom. The van der Waals surface area contributed by atoms with Crippen LogP contribution in [0.25, 0.3) is 0 Å². The molecule has 1 rings (SSSR count). The van der Waals surface area contributed by atoms with Gasteiger partial charge < -0.3 is 10.1 Å². The molecule has 2 amide bonds. The number of methoxy groups -OCH3 is 1. The summed E-state index contributed by atoms with van der Waals surface area (Å²) >= 11 is 0. The number of amides is 2. The lowest BCUT2D eigenvalue weighted by Gasteiger charge is -2.06. The molecule has 1 aromatic heterocycles. The Morgan fingerprint density at radius 2 is 1.78 bits per heavy atom. The van der Waals surface area contributed by atoms with E-state index in [1.54, 1.807) is 26.3 Å². The number of pyridine rings is 1. The summed E-state index contributed by atoms with van der Waals surface area (Å²) < 4.78 is 5.04. The first-order valence-electron chi connectivity index (χ1n) is 6.17. The molecule has 0 fully saturated rings. The number of nitrogens with zero attached hydrogens (tertiary/aromatic N) is 1. The molecule has 1 heterocycles. The molecule has 0 spiro atoms. The van der Waals surface area contributed by atoms with Gasteiger partial charge >= 0.3 is 6.03 Å². The molecule has 0 saturated carbocycles. The minimum absolute atomic E-state index is 0.301. The van der Waals surface area contributed by atoms with Crippen LogP contribution in [-0.2, 0) is 0 Å². The number of ether oxygens (including phenoxy) is 1. The third-order valence-electron chi connectivity index (χ3n) is 1.63. The van der Waals surface area contributed by atoms with Gasteiger partial charge in [0.05, 0.1) is 7.11 Å². The monoisotopic (exact) mass is 255 g/mol. The van der Waals surface area contributed by atoms with E-state index in [0.29, 0.717) is 11.6 Å². The SMILES string of the molecule is CC.CC.CNC(=O)Nc1cc(OC)cc(C)n1. The highest BCUT2D eigenvalue weighted by Gasteiger charge is 2.02. The van der Waals surface area contributed by atoms with Crippen molar-refractivity contribution in [2.45, 2.75) is 34.6 Å². The lowest BCUT2D eigenvalue weighted by Crippen LogP contribution is -2.25. The van der Waals surface area contributed by atoms with E-state index in [1.807, 2.05) is 34.6 Å². The van der Waals surface area contributed by atoms with Gasteiger partial charge in [-0.15, -0.1) is 0 Å². The van der Waals surface area contributed by atoms with Crippen LogP contribution >= 0.6 is 0 Å². The third kappa shape index (κ3) is 7.49. The Morgan fingerprint density at radius 1 is 1.22 bits per heavy atom. The van der Waals surface area contributed by atoms with Crippen LogP contribution < -0.4 is 15.4 Å². The number of hydrogen-bond donors (Lipinski definition) is 2. The number of carbonyl (C=O) groups is 1. The fourth-order valence-electron chi connectivity index (χ4n) is 0.998. The van der Waals surface area contributed by atoms with E-state index < -0.39 is 0 Å². The Kier molecular flexibility index (Phi) is 12.1. The first-order valence-corrected chi connectivity index (χ1v) is 6.17. The summed E-state index contributed by atoms with van der Waals surface area (Å²) in [6.45, 7) is 9.83. The van der Waals surface area contributed by atoms with Gasteiger partial charge in [-0.2, -0.15) is 0 Å². The lowest BCUT2D eigenvalue weighted by molar-refractivity contribution is 0.254. The highest BCUT2D eigenvalue weighted by molar-refractivity contribution is 5.88. The molecule has 1 aromatic rings. The predicted octanol–water partition coefficient (Wildman–Crippen LogP) is 3.20. The van der Waals surface area contributed by atoms with Gasteiger partial charge in [-0.1, -0.05) is 27.7 Å². The van der Waals surface area contributed by atoms with Crippen molar-refractivity contribution in [3.05, 3.63) is 17.8 Å². The van der Waals surface area contributed by atoms with Crippen LogP contribution in [0.15, 0.2) is 12.1 Å². The Hall–Kier alpha value is -1.78. The van der Waals surface area contributed by atoms with Gasteiger partial charge in [0.15, 0.2) is 0 Å². The third-order valence-corrected chi connectivity index (χ3v) is 1.63. The molecule has 0 radical (unpaired) electrons. The van der Waals surface area contributed by atoms with Gasteiger partial charge in [-0.05, 0) is 6.92 Å². The first-order chi connectivity index (χ1) is 8.65. The van der Waals surface area contributed by atoms with Crippen molar-refractivity contribution >= 4 is 11.8 Å². The van der Waals surface area contributed by atoms with Crippen LogP contribution in [0.3, 0.4) is 0 Å². The summed E-state index contributed by atoms with van der Waals surface area (Å²) in [4.78, 5) is 15.1. The summed E-state index contributed by atoms with van der Waals surface area (Å²) in [5.41, 5.74) is 0.788. The van der Waals surface area contributed by atoms with Crippen molar-refractivity contribution in [1.82, 2.24) is 10.3 Å². The van der Waals surface area contributed by atoms with Crippen molar-refractivity contribution in [2.24, 2.45) is 0 Å². The maximum atomic E-state index is 11.0. The number of aryl methyl sites for hydroxylation is 1. The summed E-state index contributed by atoms with van der Waals surface area (Å²) in [6.07, 6.45) is 0. The number of hydrogen-bond acceptors (Lipinski definition) is 3. The second-order valence-corrected chi connectivity index (χ2v) is 2.74. The molecule has 5 nitrogen and oxygen atoms in total. The zero-order chi connectivity index (χ0) is 14.6. The van der Waals surface area contributed by atoms with Crippen LogP contribution in [0.5, 0.6) is 5.75 Å². The molecular formula is C13H25N3O2. The normalized spacial score (nSPS) is 7.94. The average molecular weight is 255 g/mol. The number of anilines is 1. The summed E-state index contributed by atoms with van der Waals surface area (Å²) in [5.74, 6) is 1.14. The highest BCUT2D eigenvalue weighted by atomic mass is 16.5. The molecule has 0 saturated heterocycles. The highest BCUT2D eigenvalue weighted by Crippen LogP contribution is 2.16. The molecule has 18 heavy (non-hydrogen) atoms. The second-order valence-electron chi connectivity index (χ2n) is 2.74. The van der Waals surface area contributed by atoms with Crippen LogP contribution in [0.2, 0.25) is 0 Å².